The number of benzene rings is 1. The van der Waals surface area contributed by atoms with Crippen LogP contribution in [0.4, 0.5) is 0 Å². The maximum Gasteiger partial charge on any atom is 0.237 e. The molecule has 0 fully saturated rings. The van der Waals surface area contributed by atoms with E-state index >= 15 is 0 Å². The van der Waals surface area contributed by atoms with E-state index in [2.05, 4.69) is 15.3 Å². The van der Waals surface area contributed by atoms with Crippen molar-refractivity contribution < 1.29 is 4.79 Å². The van der Waals surface area contributed by atoms with Crippen molar-refractivity contribution in [1.29, 1.82) is 0 Å². The lowest BCUT2D eigenvalue weighted by molar-refractivity contribution is -0.122. The van der Waals surface area contributed by atoms with Gasteiger partial charge < -0.3 is 16.0 Å². The Bertz CT molecular complexity index is 562. The highest BCUT2D eigenvalue weighted by atomic mass is 16.2. The number of carbonyl (C=O) groups excluding carboxylic acids is 1. The van der Waals surface area contributed by atoms with Crippen LogP contribution >= 0.6 is 0 Å². The van der Waals surface area contributed by atoms with Gasteiger partial charge >= 0.3 is 0 Å². The lowest BCUT2D eigenvalue weighted by Gasteiger charge is -2.16. The average molecular weight is 272 g/mol. The fourth-order valence-corrected chi connectivity index (χ4v) is 1.95. The van der Waals surface area contributed by atoms with E-state index in [0.717, 1.165) is 23.5 Å². The van der Waals surface area contributed by atoms with Crippen LogP contribution in [-0.4, -0.2) is 21.9 Å². The van der Waals surface area contributed by atoms with E-state index in [1.165, 1.54) is 0 Å². The summed E-state index contributed by atoms with van der Waals surface area (Å²) in [4.78, 5) is 19.3. The minimum Gasteiger partial charge on any atom is -0.345 e. The molecule has 4 N–H and O–H groups in total. The molecule has 1 aromatic heterocycles. The second-order valence-electron chi connectivity index (χ2n) is 4.81. The van der Waals surface area contributed by atoms with Gasteiger partial charge in [-0.3, -0.25) is 4.79 Å². The largest absolute Gasteiger partial charge is 0.345 e. The Hall–Kier alpha value is -2.14. The first kappa shape index (κ1) is 14.3. The third kappa shape index (κ3) is 3.24. The molecule has 0 aliphatic rings. The predicted molar refractivity (Wildman–Crippen MR) is 78.8 cm³/mol. The van der Waals surface area contributed by atoms with Crippen molar-refractivity contribution in [1.82, 2.24) is 15.3 Å². The molecule has 0 saturated carbocycles. The molecule has 5 heteroatoms. The van der Waals surface area contributed by atoms with E-state index in [1.807, 2.05) is 37.3 Å². The van der Waals surface area contributed by atoms with Crippen molar-refractivity contribution in [2.45, 2.75) is 32.4 Å². The number of nitrogens with zero attached hydrogens (tertiary/aromatic N) is 1. The number of aromatic nitrogens is 2. The number of H-pyrrole nitrogens is 1. The molecule has 1 amide bonds. The quantitative estimate of drug-likeness (QED) is 0.778. The predicted octanol–water partition coefficient (Wildman–Crippen LogP) is 1.99. The van der Waals surface area contributed by atoms with Gasteiger partial charge in [0.2, 0.25) is 5.91 Å². The molecule has 0 radical (unpaired) electrons. The van der Waals surface area contributed by atoms with E-state index in [9.17, 15) is 4.79 Å². The average Bonchev–Trinajstić information content (AvgIpc) is 2.95. The summed E-state index contributed by atoms with van der Waals surface area (Å²) in [7, 11) is 0. The molecule has 1 unspecified atom stereocenters. The van der Waals surface area contributed by atoms with Crippen molar-refractivity contribution in [3.63, 3.8) is 0 Å². The summed E-state index contributed by atoms with van der Waals surface area (Å²) in [6.07, 6.45) is 2.53. The lowest BCUT2D eigenvalue weighted by Crippen LogP contribution is -2.40. The fraction of sp³-hybridized carbons (Fsp3) is 0.333. The van der Waals surface area contributed by atoms with E-state index < -0.39 is 6.04 Å². The highest BCUT2D eigenvalue weighted by Gasteiger charge is 2.18. The Kier molecular flexibility index (Phi) is 4.53. The van der Waals surface area contributed by atoms with Crippen LogP contribution < -0.4 is 11.1 Å². The van der Waals surface area contributed by atoms with Crippen LogP contribution in [0.1, 0.15) is 32.1 Å². The summed E-state index contributed by atoms with van der Waals surface area (Å²) < 4.78 is 0. The molecule has 1 aromatic carbocycles. The Morgan fingerprint density at radius 3 is 2.70 bits per heavy atom. The van der Waals surface area contributed by atoms with Gasteiger partial charge in [0.25, 0.3) is 0 Å². The number of nitrogens with two attached hydrogens (primary N) is 1. The van der Waals surface area contributed by atoms with Crippen LogP contribution in [0.3, 0.4) is 0 Å². The van der Waals surface area contributed by atoms with E-state index in [1.54, 1.807) is 13.1 Å². The fourth-order valence-electron chi connectivity index (χ4n) is 1.95. The Labute approximate surface area is 118 Å². The zero-order chi connectivity index (χ0) is 14.5. The number of imidazole rings is 1. The van der Waals surface area contributed by atoms with Crippen LogP contribution in [0.15, 0.2) is 36.5 Å². The molecule has 0 aliphatic carbocycles. The lowest BCUT2D eigenvalue weighted by atomic mass is 10.2. The Balaban J connectivity index is 2.16. The monoisotopic (exact) mass is 272 g/mol. The SMILES string of the molecule is CCC(NC(=O)[C@@H](C)N)c1ncc(-c2ccccc2)[nH]1. The molecule has 106 valence electrons. The molecule has 2 rings (SSSR count). The summed E-state index contributed by atoms with van der Waals surface area (Å²) in [6.45, 7) is 3.66. The number of aromatic amines is 1. The third-order valence-corrected chi connectivity index (χ3v) is 3.15. The number of amides is 1. The molecule has 0 aliphatic heterocycles. The van der Waals surface area contributed by atoms with Crippen molar-refractivity contribution in [2.24, 2.45) is 5.73 Å². The Morgan fingerprint density at radius 1 is 1.40 bits per heavy atom. The standard InChI is InChI=1S/C15H20N4O/c1-3-12(19-15(20)10(2)16)14-17-9-13(18-14)11-7-5-4-6-8-11/h4-10,12H,3,16H2,1-2H3,(H,17,18)(H,19,20)/t10-,12?/m1/s1. The van der Waals surface area contributed by atoms with Gasteiger partial charge in [-0.1, -0.05) is 37.3 Å². The van der Waals surface area contributed by atoms with Crippen LogP contribution in [-0.2, 0) is 4.79 Å². The van der Waals surface area contributed by atoms with Gasteiger partial charge in [0.05, 0.1) is 24.0 Å². The van der Waals surface area contributed by atoms with Gasteiger partial charge in [-0.2, -0.15) is 0 Å². The number of rotatable bonds is 5. The van der Waals surface area contributed by atoms with Crippen LogP contribution in [0.2, 0.25) is 0 Å². The minimum absolute atomic E-state index is 0.147. The number of hydrogen-bond donors (Lipinski definition) is 3. The molecule has 0 spiro atoms. The smallest absolute Gasteiger partial charge is 0.237 e. The van der Waals surface area contributed by atoms with Gasteiger partial charge in [-0.05, 0) is 18.9 Å². The van der Waals surface area contributed by atoms with Gasteiger partial charge in [0.1, 0.15) is 5.82 Å². The van der Waals surface area contributed by atoms with Crippen molar-refractivity contribution >= 4 is 5.91 Å². The second-order valence-corrected chi connectivity index (χ2v) is 4.81. The van der Waals surface area contributed by atoms with E-state index in [-0.39, 0.29) is 11.9 Å². The summed E-state index contributed by atoms with van der Waals surface area (Å²) >= 11 is 0. The molecular weight excluding hydrogens is 252 g/mol. The third-order valence-electron chi connectivity index (χ3n) is 3.15. The van der Waals surface area contributed by atoms with E-state index in [0.29, 0.717) is 0 Å². The molecule has 2 aromatic rings. The summed E-state index contributed by atoms with van der Waals surface area (Å²) in [6, 6.07) is 9.28. The highest BCUT2D eigenvalue weighted by Crippen LogP contribution is 2.20. The summed E-state index contributed by atoms with van der Waals surface area (Å²) in [5, 5.41) is 2.89. The normalized spacial score (nSPS) is 13.8. The number of hydrogen-bond acceptors (Lipinski definition) is 3. The zero-order valence-corrected chi connectivity index (χ0v) is 11.8. The van der Waals surface area contributed by atoms with E-state index in [4.69, 9.17) is 5.73 Å². The Morgan fingerprint density at radius 2 is 2.10 bits per heavy atom. The van der Waals surface area contributed by atoms with Gasteiger partial charge in [0, 0.05) is 0 Å². The molecule has 2 atom stereocenters. The molecule has 20 heavy (non-hydrogen) atoms. The van der Waals surface area contributed by atoms with Crippen molar-refractivity contribution in [2.75, 3.05) is 0 Å². The first-order chi connectivity index (χ1) is 9.61. The highest BCUT2D eigenvalue weighted by molar-refractivity contribution is 5.81. The van der Waals surface area contributed by atoms with Crippen LogP contribution in [0.5, 0.6) is 0 Å². The van der Waals surface area contributed by atoms with Crippen LogP contribution in [0.25, 0.3) is 11.3 Å². The van der Waals surface area contributed by atoms with Gasteiger partial charge in [0.15, 0.2) is 0 Å². The second kappa shape index (κ2) is 6.34. The molecular formula is C15H20N4O. The maximum atomic E-state index is 11.7. The maximum absolute atomic E-state index is 11.7. The molecule has 0 bridgehead atoms. The molecule has 5 nitrogen and oxygen atoms in total. The van der Waals surface area contributed by atoms with Crippen molar-refractivity contribution in [3.05, 3.63) is 42.4 Å². The topological polar surface area (TPSA) is 83.8 Å². The van der Waals surface area contributed by atoms with Gasteiger partial charge in [-0.25, -0.2) is 4.98 Å². The van der Waals surface area contributed by atoms with Crippen molar-refractivity contribution in [3.8, 4) is 11.3 Å². The van der Waals surface area contributed by atoms with Crippen LogP contribution in [0, 0.1) is 0 Å². The number of carbonyl (C=O) groups is 1. The first-order valence-corrected chi connectivity index (χ1v) is 6.78. The van der Waals surface area contributed by atoms with Gasteiger partial charge in [-0.15, -0.1) is 0 Å². The zero-order valence-electron chi connectivity index (χ0n) is 11.8. The molecule has 0 saturated heterocycles. The number of nitrogens with one attached hydrogen (secondary N) is 2. The summed E-state index contributed by atoms with van der Waals surface area (Å²) in [5.74, 6) is 0.579. The summed E-state index contributed by atoms with van der Waals surface area (Å²) in [5.41, 5.74) is 7.58. The molecule has 1 heterocycles. The minimum atomic E-state index is -0.521. The first-order valence-electron chi connectivity index (χ1n) is 6.78.